The summed E-state index contributed by atoms with van der Waals surface area (Å²) in [6.07, 6.45) is 2.78. The zero-order chi connectivity index (χ0) is 7.68. The third kappa shape index (κ3) is 1.19. The summed E-state index contributed by atoms with van der Waals surface area (Å²) in [4.78, 5) is 9.46. The van der Waals surface area contributed by atoms with Crippen LogP contribution >= 0.6 is 0 Å². The molecule has 11 heavy (non-hydrogen) atoms. The highest BCUT2D eigenvalue weighted by Crippen LogP contribution is 2.19. The quantitative estimate of drug-likeness (QED) is 0.548. The Morgan fingerprint density at radius 1 is 1.64 bits per heavy atom. The molecule has 0 aromatic carbocycles. The number of likely N-dealkylation sites (N-methyl/N-ethyl adjacent to an activating group) is 1. The molecule has 3 nitrogen and oxygen atoms in total. The Hall–Kier alpha value is -1.09. The van der Waals surface area contributed by atoms with Crippen molar-refractivity contribution in [1.82, 2.24) is 10.0 Å². The highest BCUT2D eigenvalue weighted by atomic mass is 16.7. The molecule has 0 saturated heterocycles. The van der Waals surface area contributed by atoms with E-state index in [2.05, 4.69) is 11.1 Å². The summed E-state index contributed by atoms with van der Waals surface area (Å²) in [5.74, 6) is 0.751. The van der Waals surface area contributed by atoms with Gasteiger partial charge < -0.3 is 4.84 Å². The maximum atomic E-state index is 5.35. The zero-order valence-corrected chi connectivity index (χ0v) is 6.45. The van der Waals surface area contributed by atoms with Gasteiger partial charge in [-0.25, -0.2) is 4.98 Å². The highest BCUT2D eigenvalue weighted by molar-refractivity contribution is 5.26. The normalized spacial score (nSPS) is 17.2. The molecule has 0 saturated carbocycles. The Morgan fingerprint density at radius 2 is 2.55 bits per heavy atom. The predicted molar refractivity (Wildman–Crippen MR) is 41.2 cm³/mol. The summed E-state index contributed by atoms with van der Waals surface area (Å²) >= 11 is 0. The van der Waals surface area contributed by atoms with Crippen LogP contribution in [0.2, 0.25) is 0 Å². The molecule has 3 heteroatoms. The van der Waals surface area contributed by atoms with Crippen LogP contribution in [0, 0.1) is 0 Å². The third-order valence-corrected chi connectivity index (χ3v) is 1.79. The van der Waals surface area contributed by atoms with Crippen LogP contribution < -0.4 is 4.84 Å². The fraction of sp³-hybridized carbons (Fsp3) is 0.375. The van der Waals surface area contributed by atoms with Gasteiger partial charge in [-0.1, -0.05) is 6.07 Å². The molecule has 0 fully saturated rings. The molecule has 0 spiro atoms. The Morgan fingerprint density at radius 3 is 3.45 bits per heavy atom. The number of pyridine rings is 1. The van der Waals surface area contributed by atoms with Crippen molar-refractivity contribution in [1.29, 1.82) is 0 Å². The molecule has 0 atom stereocenters. The number of hydrogen-bond donors (Lipinski definition) is 0. The summed E-state index contributed by atoms with van der Waals surface area (Å²) in [7, 11) is 1.91. The molecular weight excluding hydrogens is 140 g/mol. The fourth-order valence-corrected chi connectivity index (χ4v) is 1.17. The van der Waals surface area contributed by atoms with E-state index in [9.17, 15) is 0 Å². The van der Waals surface area contributed by atoms with Crippen molar-refractivity contribution in [2.24, 2.45) is 0 Å². The summed E-state index contributed by atoms with van der Waals surface area (Å²) < 4.78 is 0. The first-order valence-electron chi connectivity index (χ1n) is 3.69. The van der Waals surface area contributed by atoms with Gasteiger partial charge in [0.15, 0.2) is 0 Å². The van der Waals surface area contributed by atoms with E-state index < -0.39 is 0 Å². The average molecular weight is 150 g/mol. The molecule has 1 aliphatic heterocycles. The number of nitrogens with zero attached hydrogens (tertiary/aromatic N) is 2. The first-order valence-corrected chi connectivity index (χ1v) is 3.69. The zero-order valence-electron chi connectivity index (χ0n) is 6.45. The molecule has 1 aliphatic rings. The second-order valence-corrected chi connectivity index (χ2v) is 2.66. The van der Waals surface area contributed by atoms with E-state index in [0.29, 0.717) is 0 Å². The van der Waals surface area contributed by atoms with E-state index in [4.69, 9.17) is 4.84 Å². The topological polar surface area (TPSA) is 25.4 Å². The van der Waals surface area contributed by atoms with Crippen molar-refractivity contribution in [2.75, 3.05) is 13.6 Å². The van der Waals surface area contributed by atoms with Crippen molar-refractivity contribution < 1.29 is 4.84 Å². The lowest BCUT2D eigenvalue weighted by Crippen LogP contribution is -2.30. The molecule has 58 valence electrons. The van der Waals surface area contributed by atoms with E-state index in [0.717, 1.165) is 18.8 Å². The predicted octanol–water partition coefficient (Wildman–Crippen LogP) is 0.863. The Bertz CT molecular complexity index is 262. The summed E-state index contributed by atoms with van der Waals surface area (Å²) in [6, 6.07) is 3.99. The monoisotopic (exact) mass is 150 g/mol. The average Bonchev–Trinajstić information content (AvgIpc) is 2.04. The molecule has 2 heterocycles. The second kappa shape index (κ2) is 2.51. The number of aromatic nitrogens is 1. The van der Waals surface area contributed by atoms with Gasteiger partial charge in [-0.05, 0) is 12.5 Å². The summed E-state index contributed by atoms with van der Waals surface area (Å²) in [6.45, 7) is 0.943. The van der Waals surface area contributed by atoms with E-state index in [-0.39, 0.29) is 0 Å². The molecule has 1 aromatic rings. The van der Waals surface area contributed by atoms with Gasteiger partial charge >= 0.3 is 0 Å². The first-order chi connectivity index (χ1) is 5.36. The smallest absolute Gasteiger partial charge is 0.241 e. The van der Waals surface area contributed by atoms with Gasteiger partial charge in [-0.2, -0.15) is 0 Å². The number of rotatable bonds is 0. The van der Waals surface area contributed by atoms with Crippen LogP contribution in [0.1, 0.15) is 5.56 Å². The van der Waals surface area contributed by atoms with Gasteiger partial charge in [0.2, 0.25) is 5.88 Å². The number of fused-ring (bicyclic) bond motifs is 1. The maximum Gasteiger partial charge on any atom is 0.241 e. The molecule has 1 aromatic heterocycles. The standard InChI is InChI=1S/C8H10N2O/c1-10-6-4-7-3-2-5-9-8(7)11-10/h2-3,5H,4,6H2,1H3. The van der Waals surface area contributed by atoms with Gasteiger partial charge in [-0.15, -0.1) is 5.06 Å². The summed E-state index contributed by atoms with van der Waals surface area (Å²) in [5, 5.41) is 1.80. The molecule has 0 radical (unpaired) electrons. The van der Waals surface area contributed by atoms with Crippen molar-refractivity contribution in [3.05, 3.63) is 23.9 Å². The van der Waals surface area contributed by atoms with Crippen molar-refractivity contribution >= 4 is 0 Å². The Kier molecular flexibility index (Phi) is 1.51. The molecular formula is C8H10N2O. The first kappa shape index (κ1) is 6.61. The maximum absolute atomic E-state index is 5.35. The minimum Gasteiger partial charge on any atom is -0.386 e. The lowest BCUT2D eigenvalue weighted by atomic mass is 10.2. The van der Waals surface area contributed by atoms with Crippen molar-refractivity contribution in [2.45, 2.75) is 6.42 Å². The van der Waals surface area contributed by atoms with Crippen LogP contribution in [0.25, 0.3) is 0 Å². The third-order valence-electron chi connectivity index (χ3n) is 1.79. The number of hydrogen-bond acceptors (Lipinski definition) is 3. The van der Waals surface area contributed by atoms with E-state index in [1.165, 1.54) is 5.56 Å². The van der Waals surface area contributed by atoms with Crippen molar-refractivity contribution in [3.8, 4) is 5.88 Å². The summed E-state index contributed by atoms with van der Waals surface area (Å²) in [5.41, 5.74) is 1.20. The minimum atomic E-state index is 0.751. The molecule has 0 N–H and O–H groups in total. The SMILES string of the molecule is CN1CCc2cccnc2O1. The molecule has 0 bridgehead atoms. The molecule has 0 unspecified atom stereocenters. The van der Waals surface area contributed by atoms with E-state index in [1.54, 1.807) is 11.3 Å². The van der Waals surface area contributed by atoms with Crippen LogP contribution in [-0.4, -0.2) is 23.6 Å². The largest absolute Gasteiger partial charge is 0.386 e. The Labute approximate surface area is 65.6 Å². The highest BCUT2D eigenvalue weighted by Gasteiger charge is 2.13. The van der Waals surface area contributed by atoms with Gasteiger partial charge in [-0.3, -0.25) is 0 Å². The van der Waals surface area contributed by atoms with Gasteiger partial charge in [0.1, 0.15) is 0 Å². The molecule has 0 aliphatic carbocycles. The lowest BCUT2D eigenvalue weighted by Gasteiger charge is -2.23. The van der Waals surface area contributed by atoms with E-state index >= 15 is 0 Å². The van der Waals surface area contributed by atoms with E-state index in [1.807, 2.05) is 13.1 Å². The molecule has 2 rings (SSSR count). The Balaban J connectivity index is 2.34. The minimum absolute atomic E-state index is 0.751. The van der Waals surface area contributed by atoms with Gasteiger partial charge in [0.25, 0.3) is 0 Å². The second-order valence-electron chi connectivity index (χ2n) is 2.66. The van der Waals surface area contributed by atoms with Crippen LogP contribution in [0.4, 0.5) is 0 Å². The lowest BCUT2D eigenvalue weighted by molar-refractivity contribution is -0.0471. The van der Waals surface area contributed by atoms with Crippen LogP contribution in [-0.2, 0) is 6.42 Å². The van der Waals surface area contributed by atoms with Crippen LogP contribution in [0.5, 0.6) is 5.88 Å². The fourth-order valence-electron chi connectivity index (χ4n) is 1.17. The van der Waals surface area contributed by atoms with Gasteiger partial charge in [0.05, 0.1) is 0 Å². The van der Waals surface area contributed by atoms with Crippen molar-refractivity contribution in [3.63, 3.8) is 0 Å². The van der Waals surface area contributed by atoms with Crippen LogP contribution in [0.15, 0.2) is 18.3 Å². The number of hydroxylamine groups is 2. The molecule has 0 amide bonds. The van der Waals surface area contributed by atoms with Gasteiger partial charge in [0, 0.05) is 25.4 Å². The van der Waals surface area contributed by atoms with Crippen LogP contribution in [0.3, 0.4) is 0 Å².